The summed E-state index contributed by atoms with van der Waals surface area (Å²) in [6.07, 6.45) is 0.878. The molecule has 0 aliphatic heterocycles. The number of hydrogen-bond acceptors (Lipinski definition) is 5. The summed E-state index contributed by atoms with van der Waals surface area (Å²) in [7, 11) is 0. The average molecular weight is 325 g/mol. The predicted octanol–water partition coefficient (Wildman–Crippen LogP) is 1.31. The minimum atomic E-state index is -1.05. The average Bonchev–Trinajstić information content (AvgIpc) is 3.02. The van der Waals surface area contributed by atoms with Crippen LogP contribution in [0.25, 0.3) is 22.7 Å². The molecule has 0 bridgehead atoms. The molecule has 7 heteroatoms. The zero-order valence-corrected chi connectivity index (χ0v) is 12.9. The van der Waals surface area contributed by atoms with Crippen molar-refractivity contribution in [1.82, 2.24) is 14.6 Å². The molecule has 0 unspecified atom stereocenters. The highest BCUT2D eigenvalue weighted by Crippen LogP contribution is 2.18. The first-order valence-corrected chi connectivity index (χ1v) is 7.35. The number of pyridine rings is 1. The van der Waals surface area contributed by atoms with Crippen LogP contribution >= 0.6 is 0 Å². The molecule has 3 rings (SSSR count). The molecule has 2 heterocycles. The fourth-order valence-corrected chi connectivity index (χ4v) is 2.51. The van der Waals surface area contributed by atoms with Gasteiger partial charge >= 0.3 is 5.97 Å². The predicted molar refractivity (Wildman–Crippen MR) is 87.6 cm³/mol. The van der Waals surface area contributed by atoms with Crippen molar-refractivity contribution in [2.24, 2.45) is 0 Å². The molecule has 0 radical (unpaired) electrons. The SMILES string of the molecule is Cc1ccc(-c2cc(=O)c(=C(O)CCC(=O)O)c3ncnn23)cc1. The van der Waals surface area contributed by atoms with Gasteiger partial charge in [0.05, 0.1) is 12.1 Å². The summed E-state index contributed by atoms with van der Waals surface area (Å²) >= 11 is 0. The van der Waals surface area contributed by atoms with Gasteiger partial charge in [0.1, 0.15) is 17.3 Å². The summed E-state index contributed by atoms with van der Waals surface area (Å²) in [5.74, 6) is -1.35. The van der Waals surface area contributed by atoms with E-state index in [9.17, 15) is 14.7 Å². The monoisotopic (exact) mass is 325 g/mol. The number of rotatable bonds is 4. The Morgan fingerprint density at radius 2 is 1.88 bits per heavy atom. The Balaban J connectivity index is 2.24. The van der Waals surface area contributed by atoms with Crippen molar-refractivity contribution in [2.75, 3.05) is 0 Å². The van der Waals surface area contributed by atoms with Gasteiger partial charge in [0.15, 0.2) is 11.1 Å². The molecule has 0 spiro atoms. The first-order valence-electron chi connectivity index (χ1n) is 7.35. The molecule has 0 aliphatic carbocycles. The maximum atomic E-state index is 12.5. The first kappa shape index (κ1) is 15.7. The molecule has 0 atom stereocenters. The lowest BCUT2D eigenvalue weighted by molar-refractivity contribution is -0.136. The van der Waals surface area contributed by atoms with Crippen LogP contribution in [0.3, 0.4) is 0 Å². The van der Waals surface area contributed by atoms with Gasteiger partial charge in [-0.2, -0.15) is 5.10 Å². The fourth-order valence-electron chi connectivity index (χ4n) is 2.51. The Bertz CT molecular complexity index is 1020. The van der Waals surface area contributed by atoms with Crippen LogP contribution in [0.2, 0.25) is 0 Å². The summed E-state index contributed by atoms with van der Waals surface area (Å²) in [4.78, 5) is 27.2. The number of carboxylic acids is 1. The van der Waals surface area contributed by atoms with Gasteiger partial charge < -0.3 is 10.2 Å². The van der Waals surface area contributed by atoms with E-state index in [1.165, 1.54) is 16.9 Å². The number of nitrogens with zero attached hydrogens (tertiary/aromatic N) is 3. The lowest BCUT2D eigenvalue weighted by Crippen LogP contribution is -2.30. The number of aliphatic carboxylic acids is 1. The van der Waals surface area contributed by atoms with Gasteiger partial charge in [-0.1, -0.05) is 29.8 Å². The van der Waals surface area contributed by atoms with Crippen LogP contribution in [0, 0.1) is 6.92 Å². The summed E-state index contributed by atoms with van der Waals surface area (Å²) in [6, 6.07) is 8.97. The zero-order chi connectivity index (χ0) is 17.3. The molecule has 0 fully saturated rings. The molecular weight excluding hydrogens is 310 g/mol. The Kier molecular flexibility index (Phi) is 3.99. The molecule has 0 amide bonds. The highest BCUT2D eigenvalue weighted by atomic mass is 16.4. The summed E-state index contributed by atoms with van der Waals surface area (Å²) < 4.78 is 1.47. The first-order chi connectivity index (χ1) is 11.5. The number of aliphatic hydroxyl groups is 1. The van der Waals surface area contributed by atoms with Gasteiger partial charge in [-0.15, -0.1) is 0 Å². The Labute approximate surface area is 136 Å². The summed E-state index contributed by atoms with van der Waals surface area (Å²) in [5.41, 5.74) is 2.23. The van der Waals surface area contributed by atoms with Gasteiger partial charge in [-0.25, -0.2) is 9.50 Å². The molecule has 0 aliphatic rings. The van der Waals surface area contributed by atoms with Crippen LogP contribution in [-0.4, -0.2) is 30.8 Å². The van der Waals surface area contributed by atoms with E-state index >= 15 is 0 Å². The Hall–Kier alpha value is -3.22. The largest absolute Gasteiger partial charge is 0.511 e. The molecule has 0 saturated heterocycles. The summed E-state index contributed by atoms with van der Waals surface area (Å²) in [6.45, 7) is 1.96. The van der Waals surface area contributed by atoms with Gasteiger partial charge in [-0.3, -0.25) is 9.59 Å². The number of aromatic nitrogens is 3. The molecule has 0 saturated carbocycles. The third-order valence-electron chi connectivity index (χ3n) is 3.73. The van der Waals surface area contributed by atoms with E-state index in [1.807, 2.05) is 31.2 Å². The van der Waals surface area contributed by atoms with Crippen molar-refractivity contribution in [3.05, 3.63) is 57.7 Å². The van der Waals surface area contributed by atoms with E-state index < -0.39 is 11.4 Å². The zero-order valence-electron chi connectivity index (χ0n) is 12.9. The maximum absolute atomic E-state index is 12.5. The van der Waals surface area contributed by atoms with Crippen LogP contribution in [0.4, 0.5) is 0 Å². The van der Waals surface area contributed by atoms with Crippen LogP contribution in [0.1, 0.15) is 18.4 Å². The van der Waals surface area contributed by atoms with E-state index in [1.54, 1.807) is 0 Å². The number of carbonyl (C=O) groups is 1. The second-order valence-corrected chi connectivity index (χ2v) is 5.47. The molecule has 24 heavy (non-hydrogen) atoms. The molecule has 7 nitrogen and oxygen atoms in total. The molecule has 3 aromatic rings. The fraction of sp³-hybridized carbons (Fsp3) is 0.176. The Morgan fingerprint density at radius 3 is 2.54 bits per heavy atom. The number of benzene rings is 1. The van der Waals surface area contributed by atoms with Gasteiger partial charge in [0.2, 0.25) is 0 Å². The second kappa shape index (κ2) is 6.11. The number of carboxylic acid groups (broad SMARTS) is 1. The number of hydrogen-bond donors (Lipinski definition) is 2. The number of aliphatic hydroxyl groups excluding tert-OH is 1. The molecular formula is C17H15N3O4. The van der Waals surface area contributed by atoms with Crippen molar-refractivity contribution >= 4 is 17.4 Å². The molecule has 2 N–H and O–H groups in total. The topological polar surface area (TPSA) is 105 Å². The normalized spacial score (nSPS) is 12.4. The quantitative estimate of drug-likeness (QED) is 0.749. The molecule has 1 aromatic carbocycles. The van der Waals surface area contributed by atoms with Crippen LogP contribution < -0.4 is 10.6 Å². The third-order valence-corrected chi connectivity index (χ3v) is 3.73. The highest BCUT2D eigenvalue weighted by molar-refractivity contribution is 5.69. The van der Waals surface area contributed by atoms with E-state index in [4.69, 9.17) is 5.11 Å². The lowest BCUT2D eigenvalue weighted by atomic mass is 10.1. The van der Waals surface area contributed by atoms with Gasteiger partial charge in [0.25, 0.3) is 0 Å². The van der Waals surface area contributed by atoms with E-state index in [0.717, 1.165) is 11.1 Å². The molecule has 122 valence electrons. The van der Waals surface area contributed by atoms with Crippen LogP contribution in [0.15, 0.2) is 41.5 Å². The minimum absolute atomic E-state index is 0.00962. The smallest absolute Gasteiger partial charge is 0.303 e. The third kappa shape index (κ3) is 2.83. The van der Waals surface area contributed by atoms with E-state index in [-0.39, 0.29) is 29.5 Å². The van der Waals surface area contributed by atoms with Crippen LogP contribution in [-0.2, 0) is 4.79 Å². The van der Waals surface area contributed by atoms with Gasteiger partial charge in [0, 0.05) is 18.1 Å². The second-order valence-electron chi connectivity index (χ2n) is 5.47. The molecule has 2 aromatic heterocycles. The summed E-state index contributed by atoms with van der Waals surface area (Å²) in [5, 5.41) is 23.0. The lowest BCUT2D eigenvalue weighted by Gasteiger charge is -2.06. The maximum Gasteiger partial charge on any atom is 0.303 e. The van der Waals surface area contributed by atoms with Crippen molar-refractivity contribution < 1.29 is 15.0 Å². The van der Waals surface area contributed by atoms with E-state index in [2.05, 4.69) is 10.1 Å². The minimum Gasteiger partial charge on any atom is -0.511 e. The van der Waals surface area contributed by atoms with Crippen molar-refractivity contribution in [3.63, 3.8) is 0 Å². The number of fused-ring (bicyclic) bond motifs is 1. The number of aryl methyl sites for hydroxylation is 1. The standard InChI is InChI=1S/C17H15N3O4/c1-10-2-4-11(5-3-10)12-8-14(22)16(13(21)6-7-15(23)24)17-18-9-19-20(12)17/h2-5,8-9,21H,6-7H2,1H3,(H,23,24). The van der Waals surface area contributed by atoms with Crippen LogP contribution in [0.5, 0.6) is 0 Å². The van der Waals surface area contributed by atoms with Crippen molar-refractivity contribution in [2.45, 2.75) is 19.8 Å². The Morgan fingerprint density at radius 1 is 1.17 bits per heavy atom. The van der Waals surface area contributed by atoms with Gasteiger partial charge in [-0.05, 0) is 6.92 Å². The van der Waals surface area contributed by atoms with Crippen molar-refractivity contribution in [3.8, 4) is 11.3 Å². The van der Waals surface area contributed by atoms with E-state index in [0.29, 0.717) is 5.69 Å². The van der Waals surface area contributed by atoms with Crippen molar-refractivity contribution in [1.29, 1.82) is 0 Å². The highest BCUT2D eigenvalue weighted by Gasteiger charge is 2.13.